The van der Waals surface area contributed by atoms with E-state index in [-0.39, 0.29) is 12.1 Å². The first kappa shape index (κ1) is 25.3. The predicted molar refractivity (Wildman–Crippen MR) is 142 cm³/mol. The number of carbonyl (C=O) groups excluding carboxylic acids is 1. The number of aliphatic hydroxyl groups is 1. The summed E-state index contributed by atoms with van der Waals surface area (Å²) in [7, 11) is 0. The number of hydrogen-bond donors (Lipinski definition) is 1. The van der Waals surface area contributed by atoms with E-state index in [1.54, 1.807) is 0 Å². The molecular weight excluding hydrogens is 432 g/mol. The summed E-state index contributed by atoms with van der Waals surface area (Å²) in [5.74, 6) is 1.36. The molecule has 1 N–H and O–H groups in total. The van der Waals surface area contributed by atoms with E-state index in [4.69, 9.17) is 0 Å². The van der Waals surface area contributed by atoms with Crippen LogP contribution >= 0.6 is 0 Å². The van der Waals surface area contributed by atoms with Crippen LogP contribution in [0.2, 0.25) is 0 Å². The Labute approximate surface area is 213 Å². The van der Waals surface area contributed by atoms with Crippen molar-refractivity contribution in [2.45, 2.75) is 121 Å². The van der Waals surface area contributed by atoms with Crippen molar-refractivity contribution in [3.63, 3.8) is 0 Å². The molecule has 1 aliphatic heterocycles. The maximum atomic E-state index is 13.9. The minimum atomic E-state index is -0.153. The summed E-state index contributed by atoms with van der Waals surface area (Å²) in [5, 5.41) is 10.7. The van der Waals surface area contributed by atoms with Crippen molar-refractivity contribution >= 4 is 5.91 Å². The molecule has 3 saturated carbocycles. The van der Waals surface area contributed by atoms with Gasteiger partial charge in [-0.1, -0.05) is 75.6 Å². The Balaban J connectivity index is 1.28. The second kappa shape index (κ2) is 12.2. The van der Waals surface area contributed by atoms with Gasteiger partial charge in [0.1, 0.15) is 0 Å². The zero-order valence-corrected chi connectivity index (χ0v) is 21.9. The van der Waals surface area contributed by atoms with Crippen molar-refractivity contribution in [1.82, 2.24) is 9.80 Å². The lowest BCUT2D eigenvalue weighted by Crippen LogP contribution is -2.47. The Morgan fingerprint density at radius 1 is 0.886 bits per heavy atom. The number of aliphatic hydroxyl groups excluding tert-OH is 1. The van der Waals surface area contributed by atoms with Gasteiger partial charge in [0.25, 0.3) is 0 Å². The number of carbonyl (C=O) groups is 1. The molecule has 1 heterocycles. The van der Waals surface area contributed by atoms with Gasteiger partial charge in [-0.15, -0.1) is 0 Å². The third kappa shape index (κ3) is 6.13. The molecule has 0 saturated heterocycles. The summed E-state index contributed by atoms with van der Waals surface area (Å²) >= 11 is 0. The molecule has 1 aromatic rings. The molecule has 3 fully saturated rings. The van der Waals surface area contributed by atoms with Gasteiger partial charge in [0, 0.05) is 32.1 Å². The van der Waals surface area contributed by atoms with Crippen LogP contribution in [0, 0.1) is 11.8 Å². The van der Waals surface area contributed by atoms with Crippen LogP contribution in [0.4, 0.5) is 0 Å². The highest BCUT2D eigenvalue weighted by atomic mass is 16.3. The van der Waals surface area contributed by atoms with Crippen LogP contribution in [-0.2, 0) is 11.2 Å². The van der Waals surface area contributed by atoms with E-state index in [9.17, 15) is 9.90 Å². The lowest BCUT2D eigenvalue weighted by Gasteiger charge is -2.44. The molecule has 4 heteroatoms. The first-order valence-electron chi connectivity index (χ1n) is 15.0. The van der Waals surface area contributed by atoms with E-state index in [1.807, 2.05) is 0 Å². The van der Waals surface area contributed by atoms with Crippen LogP contribution in [0.25, 0.3) is 0 Å². The molecule has 35 heavy (non-hydrogen) atoms. The Bertz CT molecular complexity index is 814. The maximum absolute atomic E-state index is 13.9. The summed E-state index contributed by atoms with van der Waals surface area (Å²) in [6.45, 7) is 2.72. The molecule has 0 bridgehead atoms. The summed E-state index contributed by atoms with van der Waals surface area (Å²) in [6, 6.07) is 9.79. The molecule has 1 unspecified atom stereocenters. The highest BCUT2D eigenvalue weighted by molar-refractivity contribution is 5.77. The molecule has 1 amide bonds. The van der Waals surface area contributed by atoms with Crippen molar-refractivity contribution in [3.8, 4) is 0 Å². The smallest absolute Gasteiger partial charge is 0.224 e. The standard InChI is InChI=1S/C31H48N2O2/c34-29-18-10-8-14-26(29)23-32(27-15-5-2-6-16-27)21-20-30(35)33-22-19-24-11-7-9-17-28(24)31(33)25-12-3-1-4-13-25/h7,9,11,17,25-27,29,31,34H,1-6,8,10,12-16,18-23H2/t26-,29+,31?/m0/s1. The lowest BCUT2D eigenvalue weighted by atomic mass is 9.77. The van der Waals surface area contributed by atoms with E-state index in [0.29, 0.717) is 30.2 Å². The average Bonchev–Trinajstić information content (AvgIpc) is 2.92. The van der Waals surface area contributed by atoms with Crippen molar-refractivity contribution in [1.29, 1.82) is 0 Å². The van der Waals surface area contributed by atoms with Gasteiger partial charge in [0.2, 0.25) is 5.91 Å². The highest BCUT2D eigenvalue weighted by Crippen LogP contribution is 2.42. The fourth-order valence-electron chi connectivity index (χ4n) is 7.79. The minimum Gasteiger partial charge on any atom is -0.393 e. The predicted octanol–water partition coefficient (Wildman–Crippen LogP) is 6.27. The summed E-state index contributed by atoms with van der Waals surface area (Å²) in [5.41, 5.74) is 2.88. The van der Waals surface area contributed by atoms with Crippen LogP contribution in [0.5, 0.6) is 0 Å². The molecule has 0 aromatic heterocycles. The summed E-state index contributed by atoms with van der Waals surface area (Å²) in [6.07, 6.45) is 19.0. The molecule has 0 spiro atoms. The van der Waals surface area contributed by atoms with Gasteiger partial charge in [-0.05, 0) is 67.9 Å². The van der Waals surface area contributed by atoms with Gasteiger partial charge in [0.15, 0.2) is 0 Å². The van der Waals surface area contributed by atoms with E-state index in [0.717, 1.165) is 38.9 Å². The third-order valence-electron chi connectivity index (χ3n) is 9.79. The quantitative estimate of drug-likeness (QED) is 0.500. The SMILES string of the molecule is O=C(CCN(C[C@@H]1CCCC[C@H]1O)C1CCCCC1)N1CCc2ccccc2C1C1CCCCC1. The van der Waals surface area contributed by atoms with Gasteiger partial charge >= 0.3 is 0 Å². The minimum absolute atomic E-state index is 0.153. The number of hydrogen-bond acceptors (Lipinski definition) is 3. The zero-order valence-electron chi connectivity index (χ0n) is 21.9. The number of amides is 1. The molecule has 4 nitrogen and oxygen atoms in total. The van der Waals surface area contributed by atoms with Gasteiger partial charge in [-0.3, -0.25) is 9.69 Å². The highest BCUT2D eigenvalue weighted by Gasteiger charge is 2.37. The molecule has 3 atom stereocenters. The molecule has 194 valence electrons. The first-order valence-corrected chi connectivity index (χ1v) is 15.0. The number of nitrogens with zero attached hydrogens (tertiary/aromatic N) is 2. The van der Waals surface area contributed by atoms with Gasteiger partial charge in [-0.2, -0.15) is 0 Å². The largest absolute Gasteiger partial charge is 0.393 e. The van der Waals surface area contributed by atoms with Crippen LogP contribution in [0.1, 0.15) is 113 Å². The fourth-order valence-corrected chi connectivity index (χ4v) is 7.79. The van der Waals surface area contributed by atoms with Crippen molar-refractivity contribution in [2.75, 3.05) is 19.6 Å². The zero-order chi connectivity index (χ0) is 24.0. The van der Waals surface area contributed by atoms with Crippen molar-refractivity contribution < 1.29 is 9.90 Å². The molecule has 1 aromatic carbocycles. The summed E-state index contributed by atoms with van der Waals surface area (Å²) < 4.78 is 0. The molecule has 4 aliphatic rings. The monoisotopic (exact) mass is 480 g/mol. The Hall–Kier alpha value is -1.39. The lowest BCUT2D eigenvalue weighted by molar-refractivity contribution is -0.136. The number of rotatable bonds is 7. The normalized spacial score (nSPS) is 28.7. The van der Waals surface area contributed by atoms with E-state index >= 15 is 0 Å². The van der Waals surface area contributed by atoms with Crippen molar-refractivity contribution in [2.24, 2.45) is 11.8 Å². The molecule has 3 aliphatic carbocycles. The number of fused-ring (bicyclic) bond motifs is 1. The van der Waals surface area contributed by atoms with Crippen LogP contribution < -0.4 is 0 Å². The van der Waals surface area contributed by atoms with E-state index in [2.05, 4.69) is 34.1 Å². The fraction of sp³-hybridized carbons (Fsp3) is 0.774. The Kier molecular flexibility index (Phi) is 8.83. The van der Waals surface area contributed by atoms with Crippen molar-refractivity contribution in [3.05, 3.63) is 35.4 Å². The third-order valence-corrected chi connectivity index (χ3v) is 9.79. The molecule has 5 rings (SSSR count). The van der Waals surface area contributed by atoms with Gasteiger partial charge < -0.3 is 10.0 Å². The Morgan fingerprint density at radius 2 is 1.57 bits per heavy atom. The maximum Gasteiger partial charge on any atom is 0.224 e. The summed E-state index contributed by atoms with van der Waals surface area (Å²) in [4.78, 5) is 18.8. The van der Waals surface area contributed by atoms with E-state index < -0.39 is 0 Å². The topological polar surface area (TPSA) is 43.8 Å². The first-order chi connectivity index (χ1) is 17.2. The molecule has 0 radical (unpaired) electrons. The van der Waals surface area contributed by atoms with Gasteiger partial charge in [0.05, 0.1) is 12.1 Å². The van der Waals surface area contributed by atoms with Crippen LogP contribution in [-0.4, -0.2) is 52.6 Å². The van der Waals surface area contributed by atoms with Crippen LogP contribution in [0.15, 0.2) is 24.3 Å². The Morgan fingerprint density at radius 3 is 2.34 bits per heavy atom. The second-order valence-electron chi connectivity index (χ2n) is 12.0. The van der Waals surface area contributed by atoms with Gasteiger partial charge in [-0.25, -0.2) is 0 Å². The van der Waals surface area contributed by atoms with E-state index in [1.165, 1.54) is 88.2 Å². The second-order valence-corrected chi connectivity index (χ2v) is 12.0. The average molecular weight is 481 g/mol. The molecular formula is C31H48N2O2. The van der Waals surface area contributed by atoms with Crippen LogP contribution in [0.3, 0.4) is 0 Å². The number of benzene rings is 1.